The van der Waals surface area contributed by atoms with Gasteiger partial charge in [0, 0.05) is 24.9 Å². The van der Waals surface area contributed by atoms with Crippen LogP contribution in [0.1, 0.15) is 22.4 Å². The van der Waals surface area contributed by atoms with Crippen molar-refractivity contribution in [3.63, 3.8) is 0 Å². The van der Waals surface area contributed by atoms with Crippen LogP contribution in [-0.4, -0.2) is 17.5 Å². The molecule has 3 rings (SSSR count). The molecule has 0 spiro atoms. The topological polar surface area (TPSA) is 72.5 Å². The molecule has 3 aromatic rings. The maximum atomic E-state index is 6.00. The van der Waals surface area contributed by atoms with Crippen molar-refractivity contribution in [1.29, 1.82) is 0 Å². The fourth-order valence-electron chi connectivity index (χ4n) is 2.80. The highest BCUT2D eigenvalue weighted by Gasteiger charge is 2.03. The van der Waals surface area contributed by atoms with Gasteiger partial charge < -0.3 is 15.8 Å². The van der Waals surface area contributed by atoms with Crippen LogP contribution in [0.2, 0.25) is 0 Å². The number of guanidine groups is 1. The summed E-state index contributed by atoms with van der Waals surface area (Å²) in [7, 11) is 0. The fourth-order valence-corrected chi connectivity index (χ4v) is 2.80. The van der Waals surface area contributed by atoms with Gasteiger partial charge in [0.25, 0.3) is 0 Å². The molecule has 0 unspecified atom stereocenters. The lowest BCUT2D eigenvalue weighted by molar-refractivity contribution is 0.106. The Labute approximate surface area is 166 Å². The molecule has 5 nitrogen and oxygen atoms in total. The number of rotatable bonds is 9. The molecule has 2 aromatic carbocycles. The summed E-state index contributed by atoms with van der Waals surface area (Å²) >= 11 is 0. The van der Waals surface area contributed by atoms with E-state index in [0.29, 0.717) is 32.3 Å². The van der Waals surface area contributed by atoms with E-state index in [1.807, 2.05) is 48.5 Å². The van der Waals surface area contributed by atoms with Gasteiger partial charge in [0.2, 0.25) is 0 Å². The van der Waals surface area contributed by atoms with Gasteiger partial charge in [0.05, 0.1) is 19.8 Å². The van der Waals surface area contributed by atoms with Crippen LogP contribution in [0.3, 0.4) is 0 Å². The van der Waals surface area contributed by atoms with Crippen molar-refractivity contribution in [2.75, 3.05) is 6.54 Å². The van der Waals surface area contributed by atoms with E-state index >= 15 is 0 Å². The fraction of sp³-hybridized carbons (Fsp3) is 0.217. The first kappa shape index (κ1) is 19.6. The summed E-state index contributed by atoms with van der Waals surface area (Å²) in [6.07, 6.45) is 2.60. The van der Waals surface area contributed by atoms with Crippen LogP contribution in [-0.2, 0) is 30.9 Å². The van der Waals surface area contributed by atoms with Crippen molar-refractivity contribution in [3.05, 3.63) is 101 Å². The zero-order chi connectivity index (χ0) is 19.4. The number of pyridine rings is 1. The maximum Gasteiger partial charge on any atom is 0.188 e. The highest BCUT2D eigenvalue weighted by molar-refractivity contribution is 5.77. The molecule has 0 aliphatic rings. The second kappa shape index (κ2) is 10.8. The minimum atomic E-state index is 0.441. The van der Waals surface area contributed by atoms with Gasteiger partial charge in [-0.1, -0.05) is 60.7 Å². The first-order valence-corrected chi connectivity index (χ1v) is 9.43. The average molecular weight is 374 g/mol. The second-order valence-corrected chi connectivity index (χ2v) is 6.45. The number of aromatic nitrogens is 1. The first-order valence-electron chi connectivity index (χ1n) is 9.43. The maximum absolute atomic E-state index is 6.00. The molecule has 5 heteroatoms. The van der Waals surface area contributed by atoms with E-state index in [1.165, 1.54) is 5.56 Å². The van der Waals surface area contributed by atoms with Crippen LogP contribution >= 0.6 is 0 Å². The SMILES string of the molecule is NC(=NCc1ccccc1COCc1ccccc1)NCCc1ccccn1. The van der Waals surface area contributed by atoms with Crippen molar-refractivity contribution in [2.24, 2.45) is 10.7 Å². The van der Waals surface area contributed by atoms with Gasteiger partial charge in [0.15, 0.2) is 5.96 Å². The predicted molar refractivity (Wildman–Crippen MR) is 113 cm³/mol. The van der Waals surface area contributed by atoms with E-state index in [1.54, 1.807) is 6.20 Å². The van der Waals surface area contributed by atoms with Gasteiger partial charge in [-0.15, -0.1) is 0 Å². The molecule has 0 bridgehead atoms. The number of nitrogens with two attached hydrogens (primary N) is 1. The molecular weight excluding hydrogens is 348 g/mol. The molecule has 0 saturated carbocycles. The smallest absolute Gasteiger partial charge is 0.188 e. The molecular formula is C23H26N4O. The highest BCUT2D eigenvalue weighted by Crippen LogP contribution is 2.13. The number of nitrogens with one attached hydrogen (secondary N) is 1. The molecule has 1 heterocycles. The van der Waals surface area contributed by atoms with Gasteiger partial charge in [-0.3, -0.25) is 4.98 Å². The van der Waals surface area contributed by atoms with Gasteiger partial charge in [-0.2, -0.15) is 0 Å². The van der Waals surface area contributed by atoms with Crippen LogP contribution in [0.25, 0.3) is 0 Å². The van der Waals surface area contributed by atoms with Crippen molar-refractivity contribution >= 4 is 5.96 Å². The van der Waals surface area contributed by atoms with Crippen molar-refractivity contribution in [2.45, 2.75) is 26.2 Å². The first-order chi connectivity index (χ1) is 13.8. The molecule has 144 valence electrons. The molecule has 0 fully saturated rings. The van der Waals surface area contributed by atoms with E-state index in [4.69, 9.17) is 10.5 Å². The Morgan fingerprint density at radius 3 is 2.43 bits per heavy atom. The Kier molecular flexibility index (Phi) is 7.58. The Balaban J connectivity index is 1.47. The molecule has 0 amide bonds. The van der Waals surface area contributed by atoms with E-state index in [2.05, 4.69) is 39.6 Å². The Bertz CT molecular complexity index is 866. The number of hydrogen-bond donors (Lipinski definition) is 2. The quantitative estimate of drug-likeness (QED) is 0.444. The summed E-state index contributed by atoms with van der Waals surface area (Å²) in [5.74, 6) is 0.441. The van der Waals surface area contributed by atoms with Gasteiger partial charge in [-0.05, 0) is 28.8 Å². The third-order valence-corrected chi connectivity index (χ3v) is 4.32. The average Bonchev–Trinajstić information content (AvgIpc) is 2.74. The third-order valence-electron chi connectivity index (χ3n) is 4.32. The van der Waals surface area contributed by atoms with Crippen LogP contribution in [0.5, 0.6) is 0 Å². The minimum Gasteiger partial charge on any atom is -0.372 e. The summed E-state index contributed by atoms with van der Waals surface area (Å²) in [5.41, 5.74) is 10.4. The largest absolute Gasteiger partial charge is 0.372 e. The van der Waals surface area contributed by atoms with Gasteiger partial charge >= 0.3 is 0 Å². The number of aliphatic imine (C=N–C) groups is 1. The van der Waals surface area contributed by atoms with Crippen molar-refractivity contribution in [1.82, 2.24) is 10.3 Å². The monoisotopic (exact) mass is 374 g/mol. The number of hydrogen-bond acceptors (Lipinski definition) is 3. The lowest BCUT2D eigenvalue weighted by Gasteiger charge is -2.10. The molecule has 28 heavy (non-hydrogen) atoms. The summed E-state index contributed by atoms with van der Waals surface area (Å²) in [4.78, 5) is 8.76. The van der Waals surface area contributed by atoms with Crippen LogP contribution in [0.4, 0.5) is 0 Å². The zero-order valence-corrected chi connectivity index (χ0v) is 15.9. The molecule has 3 N–H and O–H groups in total. The van der Waals surface area contributed by atoms with Crippen LogP contribution < -0.4 is 11.1 Å². The normalized spacial score (nSPS) is 11.4. The summed E-state index contributed by atoms with van der Waals surface area (Å²) in [5, 5.41) is 3.14. The Morgan fingerprint density at radius 1 is 0.893 bits per heavy atom. The summed E-state index contributed by atoms with van der Waals surface area (Å²) in [6.45, 7) is 2.37. The second-order valence-electron chi connectivity index (χ2n) is 6.45. The minimum absolute atomic E-state index is 0.441. The Morgan fingerprint density at radius 2 is 1.64 bits per heavy atom. The summed E-state index contributed by atoms with van der Waals surface area (Å²) < 4.78 is 5.86. The zero-order valence-electron chi connectivity index (χ0n) is 15.9. The Hall–Kier alpha value is -3.18. The highest BCUT2D eigenvalue weighted by atomic mass is 16.5. The molecule has 0 aliphatic carbocycles. The molecule has 0 saturated heterocycles. The molecule has 0 aliphatic heterocycles. The van der Waals surface area contributed by atoms with Crippen molar-refractivity contribution in [3.8, 4) is 0 Å². The number of ether oxygens (including phenoxy) is 1. The lowest BCUT2D eigenvalue weighted by atomic mass is 10.1. The van der Waals surface area contributed by atoms with Crippen LogP contribution in [0.15, 0.2) is 84.0 Å². The van der Waals surface area contributed by atoms with E-state index in [0.717, 1.165) is 23.2 Å². The van der Waals surface area contributed by atoms with Crippen LogP contribution in [0, 0.1) is 0 Å². The molecule has 1 aromatic heterocycles. The number of nitrogens with zero attached hydrogens (tertiary/aromatic N) is 2. The summed E-state index contributed by atoms with van der Waals surface area (Å²) in [6, 6.07) is 24.2. The molecule has 0 atom stereocenters. The third kappa shape index (κ3) is 6.52. The van der Waals surface area contributed by atoms with E-state index < -0.39 is 0 Å². The molecule has 0 radical (unpaired) electrons. The van der Waals surface area contributed by atoms with E-state index in [9.17, 15) is 0 Å². The standard InChI is InChI=1S/C23H26N4O/c24-23(26-15-13-22-12-6-7-14-25-22)27-16-20-10-4-5-11-21(20)18-28-17-19-8-2-1-3-9-19/h1-12,14H,13,15-18H2,(H3,24,26,27). The van der Waals surface area contributed by atoms with Gasteiger partial charge in [0.1, 0.15) is 0 Å². The number of benzene rings is 2. The predicted octanol–water partition coefficient (Wildman–Crippen LogP) is 3.45. The van der Waals surface area contributed by atoms with E-state index in [-0.39, 0.29) is 0 Å². The van der Waals surface area contributed by atoms with Crippen molar-refractivity contribution < 1.29 is 4.74 Å². The van der Waals surface area contributed by atoms with Gasteiger partial charge in [-0.25, -0.2) is 4.99 Å². The lowest BCUT2D eigenvalue weighted by Crippen LogP contribution is -2.33.